The molecule has 0 atom stereocenters. The fourth-order valence-electron chi connectivity index (χ4n) is 3.97. The maximum Gasteiger partial charge on any atom is 0.337 e. The fraction of sp³-hybridized carbons (Fsp3) is 0.522. The minimum atomic E-state index is -0.598. The number of benzene rings is 1. The molecule has 0 unspecified atom stereocenters. The molecule has 2 amide bonds. The lowest BCUT2D eigenvalue weighted by molar-refractivity contribution is 0.0613. The number of hydrogen-bond acceptors (Lipinski definition) is 7. The summed E-state index contributed by atoms with van der Waals surface area (Å²) >= 11 is 0. The Morgan fingerprint density at radius 3 is 2.62 bits per heavy atom. The molecule has 11 nitrogen and oxygen atoms in total. The molecule has 1 saturated heterocycles. The van der Waals surface area contributed by atoms with Gasteiger partial charge in [0.05, 0.1) is 17.6 Å². The second-order valence-corrected chi connectivity index (χ2v) is 8.89. The van der Waals surface area contributed by atoms with Crippen molar-refractivity contribution in [2.75, 3.05) is 19.8 Å². The molecule has 0 spiro atoms. The molecule has 4 rings (SSSR count). The van der Waals surface area contributed by atoms with Crippen LogP contribution in [-0.2, 0) is 17.8 Å². The third kappa shape index (κ3) is 5.36. The molecule has 1 aliphatic heterocycles. The average Bonchev–Trinajstić information content (AvgIpc) is 3.41. The summed E-state index contributed by atoms with van der Waals surface area (Å²) in [6.07, 6.45) is 2.59. The lowest BCUT2D eigenvalue weighted by Crippen LogP contribution is -2.37. The number of rotatable bonds is 8. The maximum atomic E-state index is 13.2. The van der Waals surface area contributed by atoms with Gasteiger partial charge in [0.1, 0.15) is 0 Å². The first kappa shape index (κ1) is 23.7. The van der Waals surface area contributed by atoms with Gasteiger partial charge < -0.3 is 19.9 Å². The number of nitrogens with zero attached hydrogens (tertiary/aromatic N) is 4. The Bertz CT molecular complexity index is 1200. The summed E-state index contributed by atoms with van der Waals surface area (Å²) in [5.74, 6) is 0.288. The molecule has 2 aromatic heterocycles. The van der Waals surface area contributed by atoms with Crippen molar-refractivity contribution in [1.29, 1.82) is 0 Å². The van der Waals surface area contributed by atoms with Crippen LogP contribution in [0.15, 0.2) is 33.6 Å². The molecule has 0 aliphatic carbocycles. The van der Waals surface area contributed by atoms with Crippen LogP contribution >= 0.6 is 0 Å². The smallest absolute Gasteiger partial charge is 0.337 e. The number of amides is 2. The van der Waals surface area contributed by atoms with Crippen molar-refractivity contribution in [3.63, 3.8) is 0 Å². The number of aromatic nitrogens is 4. The maximum absolute atomic E-state index is 13.2. The highest BCUT2D eigenvalue weighted by molar-refractivity contribution is 5.90. The van der Waals surface area contributed by atoms with Crippen LogP contribution in [-0.4, -0.2) is 51.0 Å². The molecule has 1 aliphatic rings. The van der Waals surface area contributed by atoms with Crippen molar-refractivity contribution in [3.8, 4) is 0 Å². The summed E-state index contributed by atoms with van der Waals surface area (Å²) in [6.45, 7) is 6.44. The topological polar surface area (TPSA) is 133 Å². The third-order valence-corrected chi connectivity index (χ3v) is 5.89. The highest BCUT2D eigenvalue weighted by Gasteiger charge is 2.22. The van der Waals surface area contributed by atoms with Crippen molar-refractivity contribution in [1.82, 2.24) is 29.9 Å². The molecular weight excluding hydrogens is 440 g/mol. The van der Waals surface area contributed by atoms with E-state index >= 15 is 0 Å². The molecule has 3 aromatic rings. The summed E-state index contributed by atoms with van der Waals surface area (Å²) in [7, 11) is 0. The largest absolute Gasteiger partial charge is 0.381 e. The molecular formula is C23H30N6O5. The Morgan fingerprint density at radius 1 is 1.15 bits per heavy atom. The van der Waals surface area contributed by atoms with Crippen molar-refractivity contribution in [2.24, 2.45) is 11.8 Å². The van der Waals surface area contributed by atoms with Crippen LogP contribution in [0.3, 0.4) is 0 Å². The van der Waals surface area contributed by atoms with E-state index in [1.807, 2.05) is 12.1 Å². The Kier molecular flexibility index (Phi) is 7.41. The number of ether oxygens (including phenoxy) is 1. The second-order valence-electron chi connectivity index (χ2n) is 8.89. The van der Waals surface area contributed by atoms with Crippen LogP contribution in [0.2, 0.25) is 0 Å². The molecule has 2 N–H and O–H groups in total. The first-order chi connectivity index (χ1) is 16.4. The van der Waals surface area contributed by atoms with Gasteiger partial charge in [-0.05, 0) is 43.2 Å². The van der Waals surface area contributed by atoms with E-state index in [1.165, 1.54) is 0 Å². The van der Waals surface area contributed by atoms with Crippen LogP contribution < -0.4 is 16.3 Å². The quantitative estimate of drug-likeness (QED) is 0.515. The SMILES string of the molecule is CC(C)CCNC(=O)c1nc(CNC(=O)n2c(=O)n(CC3CCOCC3)c3ccccc32)no1. The summed E-state index contributed by atoms with van der Waals surface area (Å²) in [5, 5.41) is 9.12. The second kappa shape index (κ2) is 10.6. The van der Waals surface area contributed by atoms with E-state index in [9.17, 15) is 14.4 Å². The van der Waals surface area contributed by atoms with Gasteiger partial charge in [0.25, 0.3) is 0 Å². The first-order valence-corrected chi connectivity index (χ1v) is 11.6. The van der Waals surface area contributed by atoms with Crippen LogP contribution in [0.1, 0.15) is 49.6 Å². The normalized spacial score (nSPS) is 14.6. The molecule has 1 fully saturated rings. The molecule has 34 heavy (non-hydrogen) atoms. The van der Waals surface area contributed by atoms with Crippen molar-refractivity contribution < 1.29 is 18.8 Å². The van der Waals surface area contributed by atoms with Gasteiger partial charge in [-0.15, -0.1) is 0 Å². The summed E-state index contributed by atoms with van der Waals surface area (Å²) < 4.78 is 13.2. The van der Waals surface area contributed by atoms with E-state index in [1.54, 1.807) is 16.7 Å². The average molecular weight is 471 g/mol. The van der Waals surface area contributed by atoms with Gasteiger partial charge in [-0.3, -0.25) is 9.36 Å². The summed E-state index contributed by atoms with van der Waals surface area (Å²) in [6, 6.07) is 6.61. The standard InChI is InChI=1S/C23H30N6O5/c1-15(2)7-10-24-20(30)21-26-19(27-34-21)13-25-22(31)29-18-6-4-3-5-17(18)28(23(29)32)14-16-8-11-33-12-9-16/h3-6,15-16H,7-14H2,1-2H3,(H,24,30)(H,25,31). The molecule has 11 heteroatoms. The van der Waals surface area contributed by atoms with Gasteiger partial charge in [-0.25, -0.2) is 14.2 Å². The van der Waals surface area contributed by atoms with Crippen LogP contribution in [0.25, 0.3) is 11.0 Å². The number of carbonyl (C=O) groups is 2. The molecule has 3 heterocycles. The minimum absolute atomic E-state index is 0.0898. The molecule has 0 bridgehead atoms. The Labute approximate surface area is 196 Å². The summed E-state index contributed by atoms with van der Waals surface area (Å²) in [4.78, 5) is 42.3. The van der Waals surface area contributed by atoms with E-state index in [2.05, 4.69) is 34.6 Å². The van der Waals surface area contributed by atoms with Gasteiger partial charge >= 0.3 is 23.5 Å². The van der Waals surface area contributed by atoms with Crippen molar-refractivity contribution in [3.05, 3.63) is 46.5 Å². The number of hydrogen-bond donors (Lipinski definition) is 2. The Hall–Kier alpha value is -3.47. The van der Waals surface area contributed by atoms with E-state index in [-0.39, 0.29) is 18.3 Å². The van der Waals surface area contributed by atoms with Gasteiger partial charge in [-0.1, -0.05) is 31.1 Å². The van der Waals surface area contributed by atoms with Gasteiger partial charge in [-0.2, -0.15) is 4.98 Å². The predicted octanol–water partition coefficient (Wildman–Crippen LogP) is 2.15. The first-order valence-electron chi connectivity index (χ1n) is 11.6. The van der Waals surface area contributed by atoms with Crippen LogP contribution in [0, 0.1) is 11.8 Å². The third-order valence-electron chi connectivity index (χ3n) is 5.89. The zero-order valence-electron chi connectivity index (χ0n) is 19.5. The van der Waals surface area contributed by atoms with Crippen molar-refractivity contribution in [2.45, 2.75) is 46.2 Å². The zero-order valence-corrected chi connectivity index (χ0v) is 19.5. The Morgan fingerprint density at radius 2 is 1.88 bits per heavy atom. The van der Waals surface area contributed by atoms with E-state index in [0.717, 1.165) is 23.8 Å². The predicted molar refractivity (Wildman–Crippen MR) is 123 cm³/mol. The minimum Gasteiger partial charge on any atom is -0.381 e. The number of carbonyl (C=O) groups excluding carboxylic acids is 2. The Balaban J connectivity index is 1.44. The van der Waals surface area contributed by atoms with E-state index in [0.29, 0.717) is 49.2 Å². The molecule has 0 saturated carbocycles. The molecule has 182 valence electrons. The van der Waals surface area contributed by atoms with Gasteiger partial charge in [0.2, 0.25) is 0 Å². The number of nitrogens with one attached hydrogen (secondary N) is 2. The van der Waals surface area contributed by atoms with Crippen LogP contribution in [0.4, 0.5) is 4.79 Å². The number of fused-ring (bicyclic) bond motifs is 1. The monoisotopic (exact) mass is 470 g/mol. The summed E-state index contributed by atoms with van der Waals surface area (Å²) in [5.41, 5.74) is 0.827. The van der Waals surface area contributed by atoms with Gasteiger partial charge in [0.15, 0.2) is 5.82 Å². The number of imidazole rings is 1. The van der Waals surface area contributed by atoms with Crippen molar-refractivity contribution >= 4 is 23.0 Å². The van der Waals surface area contributed by atoms with E-state index in [4.69, 9.17) is 9.26 Å². The van der Waals surface area contributed by atoms with Crippen LogP contribution in [0.5, 0.6) is 0 Å². The molecule has 1 aromatic carbocycles. The lowest BCUT2D eigenvalue weighted by Gasteiger charge is -2.22. The fourth-order valence-corrected chi connectivity index (χ4v) is 3.97. The number of para-hydroxylation sites is 2. The van der Waals surface area contributed by atoms with Gasteiger partial charge in [0, 0.05) is 26.3 Å². The lowest BCUT2D eigenvalue weighted by atomic mass is 10.0. The van der Waals surface area contributed by atoms with E-state index < -0.39 is 17.6 Å². The highest BCUT2D eigenvalue weighted by atomic mass is 16.5. The zero-order chi connectivity index (χ0) is 24.1. The molecule has 0 radical (unpaired) electrons. The highest BCUT2D eigenvalue weighted by Crippen LogP contribution is 2.20.